The predicted octanol–water partition coefficient (Wildman–Crippen LogP) is 1.75. The average molecular weight is 390 g/mol. The fourth-order valence-corrected chi connectivity index (χ4v) is 3.60. The number of carbonyl (C=O) groups excluding carboxylic acids is 1. The molecule has 1 heterocycles. The van der Waals surface area contributed by atoms with Crippen molar-refractivity contribution < 1.29 is 17.9 Å². The molecule has 0 saturated carbocycles. The van der Waals surface area contributed by atoms with Crippen molar-refractivity contribution in [2.75, 3.05) is 12.4 Å². The van der Waals surface area contributed by atoms with E-state index in [9.17, 15) is 13.2 Å². The molecule has 0 fully saturated rings. The summed E-state index contributed by atoms with van der Waals surface area (Å²) in [4.78, 5) is 12.7. The van der Waals surface area contributed by atoms with Gasteiger partial charge in [-0.2, -0.15) is 0 Å². The Kier molecular flexibility index (Phi) is 5.03. The van der Waals surface area contributed by atoms with Gasteiger partial charge in [0.05, 0.1) is 16.9 Å². The Morgan fingerprint density at radius 1 is 1.12 bits per heavy atom. The van der Waals surface area contributed by atoms with Gasteiger partial charge in [-0.3, -0.25) is 10.1 Å². The van der Waals surface area contributed by atoms with E-state index >= 15 is 0 Å². The number of benzene rings is 2. The molecule has 7 nitrogen and oxygen atoms in total. The third-order valence-electron chi connectivity index (χ3n) is 3.52. The number of amides is 1. The third-order valence-corrected chi connectivity index (χ3v) is 5.38. The van der Waals surface area contributed by atoms with E-state index in [0.29, 0.717) is 15.7 Å². The maximum Gasteiger partial charge on any atom is 0.267 e. The van der Waals surface area contributed by atoms with E-state index in [2.05, 4.69) is 10.6 Å². The van der Waals surface area contributed by atoms with Gasteiger partial charge >= 0.3 is 0 Å². The van der Waals surface area contributed by atoms with E-state index in [0.717, 1.165) is 11.3 Å². The van der Waals surface area contributed by atoms with Crippen LogP contribution in [0.15, 0.2) is 58.3 Å². The maximum absolute atomic E-state index is 12.1. The summed E-state index contributed by atoms with van der Waals surface area (Å²) in [7, 11) is -2.14. The minimum atomic E-state index is -3.73. The highest BCUT2D eigenvalue weighted by atomic mass is 32.2. The molecule has 2 aromatic rings. The molecule has 0 aliphatic carbocycles. The van der Waals surface area contributed by atoms with Crippen molar-refractivity contribution in [1.29, 1.82) is 0 Å². The van der Waals surface area contributed by atoms with Gasteiger partial charge in [0.25, 0.3) is 5.91 Å². The second-order valence-corrected chi connectivity index (χ2v) is 7.98. The Hall–Kier alpha value is -2.75. The molecular formula is C17H16N3O4S2. The molecular weight excluding hydrogens is 374 g/mol. The van der Waals surface area contributed by atoms with Crippen LogP contribution in [0.1, 0.15) is 5.56 Å². The Bertz CT molecular complexity index is 995. The van der Waals surface area contributed by atoms with E-state index < -0.39 is 10.0 Å². The van der Waals surface area contributed by atoms with E-state index in [1.54, 1.807) is 25.3 Å². The van der Waals surface area contributed by atoms with E-state index in [1.165, 1.54) is 23.5 Å². The van der Waals surface area contributed by atoms with Crippen LogP contribution in [0.3, 0.4) is 0 Å². The van der Waals surface area contributed by atoms with Crippen LogP contribution in [0.4, 0.5) is 5.69 Å². The van der Waals surface area contributed by atoms with E-state index in [4.69, 9.17) is 9.88 Å². The van der Waals surface area contributed by atoms with Crippen LogP contribution in [0.5, 0.6) is 5.75 Å². The summed E-state index contributed by atoms with van der Waals surface area (Å²) in [5.74, 6) is 0.530. The highest BCUT2D eigenvalue weighted by Crippen LogP contribution is 2.22. The number of hydrogen-bond acceptors (Lipinski definition) is 5. The molecule has 4 N–H and O–H groups in total. The van der Waals surface area contributed by atoms with Gasteiger partial charge in [-0.25, -0.2) is 13.6 Å². The van der Waals surface area contributed by atoms with Crippen LogP contribution in [0.2, 0.25) is 0 Å². The second-order valence-electron chi connectivity index (χ2n) is 5.36. The zero-order valence-electron chi connectivity index (χ0n) is 13.7. The minimum Gasteiger partial charge on any atom is -0.497 e. The SMILES string of the molecule is COc1ccc(/C=C2/[S]=C(Nc3ccc(S(N)(=O)=O)cc3)NC2=O)cc1. The number of methoxy groups -OCH3 is 1. The summed E-state index contributed by atoms with van der Waals surface area (Å²) < 4.78 is 27.6. The van der Waals surface area contributed by atoms with Gasteiger partial charge in [0, 0.05) is 5.69 Å². The number of sulfonamides is 1. The highest BCUT2D eigenvalue weighted by Gasteiger charge is 2.19. The van der Waals surface area contributed by atoms with Crippen molar-refractivity contribution in [3.05, 3.63) is 59.0 Å². The van der Waals surface area contributed by atoms with Gasteiger partial charge in [-0.15, -0.1) is 0 Å². The molecule has 1 amide bonds. The number of nitrogens with two attached hydrogens (primary N) is 1. The summed E-state index contributed by atoms with van der Waals surface area (Å²) in [5, 5.41) is 11.4. The van der Waals surface area contributed by atoms with Crippen molar-refractivity contribution in [2.45, 2.75) is 4.90 Å². The first kappa shape index (κ1) is 18.1. The predicted molar refractivity (Wildman–Crippen MR) is 103 cm³/mol. The molecule has 1 aliphatic rings. The summed E-state index contributed by atoms with van der Waals surface area (Å²) in [6.07, 6.45) is 1.78. The molecule has 0 unspecified atom stereocenters. The van der Waals surface area contributed by atoms with Gasteiger partial charge in [0.1, 0.15) is 5.75 Å². The molecule has 3 rings (SSSR count). The van der Waals surface area contributed by atoms with Crippen LogP contribution in [-0.2, 0) is 14.8 Å². The van der Waals surface area contributed by atoms with Crippen LogP contribution < -0.4 is 20.5 Å². The van der Waals surface area contributed by atoms with Gasteiger partial charge < -0.3 is 10.1 Å². The van der Waals surface area contributed by atoms with Crippen molar-refractivity contribution in [3.63, 3.8) is 0 Å². The first-order valence-electron chi connectivity index (χ1n) is 7.47. The Morgan fingerprint density at radius 2 is 1.77 bits per heavy atom. The van der Waals surface area contributed by atoms with Gasteiger partial charge in [-0.05, 0) is 48.0 Å². The first-order chi connectivity index (χ1) is 12.3. The number of nitrogens with one attached hydrogen (secondary N) is 2. The number of hydrogen-bond donors (Lipinski definition) is 3. The molecule has 1 radical (unpaired) electrons. The van der Waals surface area contributed by atoms with Crippen molar-refractivity contribution in [1.82, 2.24) is 5.32 Å². The second kappa shape index (κ2) is 7.24. The summed E-state index contributed by atoms with van der Waals surface area (Å²) >= 11 is 1.26. The molecule has 9 heteroatoms. The molecule has 26 heavy (non-hydrogen) atoms. The quantitative estimate of drug-likeness (QED) is 0.544. The molecule has 2 aromatic carbocycles. The first-order valence-corrected chi connectivity index (χ1v) is 9.83. The Morgan fingerprint density at radius 3 is 2.35 bits per heavy atom. The highest BCUT2D eigenvalue weighted by molar-refractivity contribution is 8.04. The van der Waals surface area contributed by atoms with Crippen LogP contribution in [-0.4, -0.2) is 26.5 Å². The number of carbonyl (C=O) groups is 1. The fourth-order valence-electron chi connectivity index (χ4n) is 2.21. The van der Waals surface area contributed by atoms with Gasteiger partial charge in [0.15, 0.2) is 5.11 Å². The standard InChI is InChI=1S/C17H16N3O4S2/c1-24-13-6-2-11(3-7-13)10-15-16(21)20-17(25-15)19-12-4-8-14(9-5-12)26(18,22)23/h2-10,19H,1H3,(H,20,21)(H2,18,22,23)/b15-10+. The Balaban J connectivity index is 1.76. The summed E-state index contributed by atoms with van der Waals surface area (Å²) in [6, 6.07) is 13.3. The molecule has 1 aliphatic heterocycles. The smallest absolute Gasteiger partial charge is 0.267 e. The van der Waals surface area contributed by atoms with Crippen LogP contribution in [0.25, 0.3) is 6.08 Å². The molecule has 135 valence electrons. The lowest BCUT2D eigenvalue weighted by atomic mass is 10.2. The average Bonchev–Trinajstić information content (AvgIpc) is 2.94. The van der Waals surface area contributed by atoms with E-state index in [-0.39, 0.29) is 10.8 Å². The maximum atomic E-state index is 12.1. The summed E-state index contributed by atoms with van der Waals surface area (Å²) in [5.41, 5.74) is 1.51. The third kappa shape index (κ3) is 4.26. The number of rotatable bonds is 4. The zero-order valence-corrected chi connectivity index (χ0v) is 15.4. The zero-order chi connectivity index (χ0) is 18.7. The van der Waals surface area contributed by atoms with Crippen LogP contribution in [0, 0.1) is 0 Å². The van der Waals surface area contributed by atoms with Crippen molar-refractivity contribution >= 4 is 44.2 Å². The molecule has 0 spiro atoms. The molecule has 0 bridgehead atoms. The lowest BCUT2D eigenvalue weighted by Gasteiger charge is -2.06. The van der Waals surface area contributed by atoms with Gasteiger partial charge in [0.2, 0.25) is 10.0 Å². The number of anilines is 1. The lowest BCUT2D eigenvalue weighted by molar-refractivity contribution is -0.115. The number of ether oxygens (including phenoxy) is 1. The molecule has 0 aromatic heterocycles. The van der Waals surface area contributed by atoms with Crippen molar-refractivity contribution in [2.24, 2.45) is 5.14 Å². The number of primary sulfonamides is 1. The van der Waals surface area contributed by atoms with Crippen molar-refractivity contribution in [3.8, 4) is 5.75 Å². The summed E-state index contributed by atoms with van der Waals surface area (Å²) in [6.45, 7) is 0. The lowest BCUT2D eigenvalue weighted by Crippen LogP contribution is -2.29. The fraction of sp³-hybridized carbons (Fsp3) is 0.0588. The topological polar surface area (TPSA) is 111 Å². The normalized spacial score (nSPS) is 15.5. The molecule has 0 saturated heterocycles. The largest absolute Gasteiger partial charge is 0.497 e. The van der Waals surface area contributed by atoms with Gasteiger partial charge in [-0.1, -0.05) is 23.5 Å². The minimum absolute atomic E-state index is 0.0243. The van der Waals surface area contributed by atoms with Crippen LogP contribution >= 0.6 is 11.4 Å². The molecule has 0 atom stereocenters. The monoisotopic (exact) mass is 390 g/mol. The van der Waals surface area contributed by atoms with E-state index in [1.807, 2.05) is 24.3 Å². The Labute approximate surface area is 154 Å².